The third-order valence-corrected chi connectivity index (χ3v) is 2.83. The second-order valence-electron chi connectivity index (χ2n) is 3.56. The van der Waals surface area contributed by atoms with Crippen molar-refractivity contribution in [1.82, 2.24) is 0 Å². The van der Waals surface area contributed by atoms with E-state index >= 15 is 0 Å². The van der Waals surface area contributed by atoms with Gasteiger partial charge >= 0.3 is 0 Å². The quantitative estimate of drug-likeness (QED) is 0.893. The summed E-state index contributed by atoms with van der Waals surface area (Å²) in [6.45, 7) is 0. The first-order valence-corrected chi connectivity index (χ1v) is 5.88. The van der Waals surface area contributed by atoms with Crippen LogP contribution in [0.25, 0.3) is 0 Å². The molecule has 0 aliphatic carbocycles. The number of rotatable bonds is 2. The Balaban J connectivity index is 2.21. The van der Waals surface area contributed by atoms with E-state index in [0.29, 0.717) is 5.56 Å². The van der Waals surface area contributed by atoms with Crippen molar-refractivity contribution < 1.29 is 13.6 Å². The number of nitrogens with one attached hydrogen (secondary N) is 1. The molecule has 0 spiro atoms. The van der Waals surface area contributed by atoms with Crippen LogP contribution < -0.4 is 5.32 Å². The largest absolute Gasteiger partial charge is 0.319 e. The Hall–Kier alpha value is -1.75. The fraction of sp³-hybridized carbons (Fsp3) is 0. The first-order chi connectivity index (χ1) is 8.58. The highest BCUT2D eigenvalue weighted by Crippen LogP contribution is 2.18. The summed E-state index contributed by atoms with van der Waals surface area (Å²) in [7, 11) is 0. The van der Waals surface area contributed by atoms with Gasteiger partial charge in [0.15, 0.2) is 11.6 Å². The maximum absolute atomic E-state index is 13.3. The molecule has 0 aromatic heterocycles. The summed E-state index contributed by atoms with van der Waals surface area (Å²) in [5.74, 6) is -2.56. The molecule has 0 aliphatic heterocycles. The summed E-state index contributed by atoms with van der Waals surface area (Å²) in [6.07, 6.45) is 0. The van der Waals surface area contributed by atoms with Gasteiger partial charge in [0.2, 0.25) is 0 Å². The Morgan fingerprint density at radius 2 is 1.72 bits per heavy atom. The molecule has 0 bridgehead atoms. The molecule has 0 atom stereocenters. The monoisotopic (exact) mass is 311 g/mol. The van der Waals surface area contributed by atoms with Crippen molar-refractivity contribution in [2.45, 2.75) is 0 Å². The SMILES string of the molecule is O=C(Nc1cccc(F)c1F)c1ccc(Br)cc1. The number of carbonyl (C=O) groups is 1. The predicted molar refractivity (Wildman–Crippen MR) is 68.5 cm³/mol. The van der Waals surface area contributed by atoms with Gasteiger partial charge in [0, 0.05) is 10.0 Å². The highest BCUT2D eigenvalue weighted by atomic mass is 79.9. The van der Waals surface area contributed by atoms with Crippen LogP contribution in [0.4, 0.5) is 14.5 Å². The van der Waals surface area contributed by atoms with Crippen molar-refractivity contribution in [3.05, 3.63) is 64.1 Å². The van der Waals surface area contributed by atoms with Crippen LogP contribution in [0, 0.1) is 11.6 Å². The van der Waals surface area contributed by atoms with Gasteiger partial charge in [0.05, 0.1) is 5.69 Å². The summed E-state index contributed by atoms with van der Waals surface area (Å²) in [6, 6.07) is 10.2. The highest BCUT2D eigenvalue weighted by Gasteiger charge is 2.11. The van der Waals surface area contributed by atoms with Crippen molar-refractivity contribution in [3.63, 3.8) is 0 Å². The first-order valence-electron chi connectivity index (χ1n) is 5.09. The van der Waals surface area contributed by atoms with E-state index in [1.54, 1.807) is 24.3 Å². The van der Waals surface area contributed by atoms with Crippen LogP contribution in [-0.4, -0.2) is 5.91 Å². The zero-order valence-electron chi connectivity index (χ0n) is 9.08. The minimum Gasteiger partial charge on any atom is -0.319 e. The van der Waals surface area contributed by atoms with Crippen molar-refractivity contribution in [3.8, 4) is 0 Å². The molecular formula is C13H8BrF2NO. The number of carbonyl (C=O) groups excluding carboxylic acids is 1. The molecule has 0 fully saturated rings. The topological polar surface area (TPSA) is 29.1 Å². The maximum Gasteiger partial charge on any atom is 0.255 e. The van der Waals surface area contributed by atoms with Crippen LogP contribution in [0.3, 0.4) is 0 Å². The first kappa shape index (κ1) is 12.7. The molecule has 92 valence electrons. The summed E-state index contributed by atoms with van der Waals surface area (Å²) < 4.78 is 27.1. The van der Waals surface area contributed by atoms with Crippen LogP contribution >= 0.6 is 15.9 Å². The fourth-order valence-electron chi connectivity index (χ4n) is 1.40. The third kappa shape index (κ3) is 2.73. The minimum absolute atomic E-state index is 0.178. The van der Waals surface area contributed by atoms with Crippen LogP contribution in [0.15, 0.2) is 46.9 Å². The van der Waals surface area contributed by atoms with E-state index in [1.807, 2.05) is 0 Å². The van der Waals surface area contributed by atoms with Crippen molar-refractivity contribution in [1.29, 1.82) is 0 Å². The molecule has 0 saturated heterocycles. The molecule has 2 aromatic rings. The Labute approximate surface area is 111 Å². The van der Waals surface area contributed by atoms with Gasteiger partial charge < -0.3 is 5.32 Å². The Bertz CT molecular complexity index is 584. The minimum atomic E-state index is -1.07. The van der Waals surface area contributed by atoms with Crippen molar-refractivity contribution in [2.75, 3.05) is 5.32 Å². The van der Waals surface area contributed by atoms with Gasteiger partial charge in [-0.3, -0.25) is 4.79 Å². The van der Waals surface area contributed by atoms with E-state index in [0.717, 1.165) is 10.5 Å². The van der Waals surface area contributed by atoms with E-state index < -0.39 is 17.5 Å². The smallest absolute Gasteiger partial charge is 0.255 e. The van der Waals surface area contributed by atoms with E-state index in [1.165, 1.54) is 12.1 Å². The molecule has 0 saturated carbocycles. The van der Waals surface area contributed by atoms with E-state index in [2.05, 4.69) is 21.2 Å². The average Bonchev–Trinajstić information content (AvgIpc) is 2.36. The van der Waals surface area contributed by atoms with E-state index in [9.17, 15) is 13.6 Å². The highest BCUT2D eigenvalue weighted by molar-refractivity contribution is 9.10. The van der Waals surface area contributed by atoms with Crippen LogP contribution in [0.1, 0.15) is 10.4 Å². The number of benzene rings is 2. The number of hydrogen-bond donors (Lipinski definition) is 1. The van der Waals surface area contributed by atoms with Crippen LogP contribution in [0.5, 0.6) is 0 Å². The van der Waals surface area contributed by atoms with Crippen molar-refractivity contribution in [2.24, 2.45) is 0 Å². The molecule has 1 amide bonds. The lowest BCUT2D eigenvalue weighted by atomic mass is 10.2. The second kappa shape index (κ2) is 5.27. The molecule has 1 N–H and O–H groups in total. The van der Waals surface area contributed by atoms with Crippen LogP contribution in [0.2, 0.25) is 0 Å². The van der Waals surface area contributed by atoms with E-state index in [4.69, 9.17) is 0 Å². The molecular weight excluding hydrogens is 304 g/mol. The Kier molecular flexibility index (Phi) is 3.72. The van der Waals surface area contributed by atoms with Gasteiger partial charge in [-0.15, -0.1) is 0 Å². The lowest BCUT2D eigenvalue weighted by Gasteiger charge is -2.06. The van der Waals surface area contributed by atoms with Gasteiger partial charge in [-0.1, -0.05) is 22.0 Å². The van der Waals surface area contributed by atoms with Gasteiger partial charge in [-0.2, -0.15) is 0 Å². The lowest BCUT2D eigenvalue weighted by Crippen LogP contribution is -2.13. The zero-order valence-corrected chi connectivity index (χ0v) is 10.7. The average molecular weight is 312 g/mol. The number of halogens is 3. The van der Waals surface area contributed by atoms with Crippen LogP contribution in [-0.2, 0) is 0 Å². The lowest BCUT2D eigenvalue weighted by molar-refractivity contribution is 0.102. The maximum atomic E-state index is 13.3. The predicted octanol–water partition coefficient (Wildman–Crippen LogP) is 3.98. The van der Waals surface area contributed by atoms with E-state index in [-0.39, 0.29) is 5.69 Å². The molecule has 0 heterocycles. The van der Waals surface area contributed by atoms with Gasteiger partial charge in [-0.25, -0.2) is 8.78 Å². The summed E-state index contributed by atoms with van der Waals surface area (Å²) >= 11 is 3.24. The summed E-state index contributed by atoms with van der Waals surface area (Å²) in [5.41, 5.74) is 0.185. The number of anilines is 1. The Morgan fingerprint density at radius 1 is 1.06 bits per heavy atom. The summed E-state index contributed by atoms with van der Waals surface area (Å²) in [4.78, 5) is 11.8. The molecule has 0 aliphatic rings. The third-order valence-electron chi connectivity index (χ3n) is 2.31. The second-order valence-corrected chi connectivity index (χ2v) is 4.48. The number of hydrogen-bond acceptors (Lipinski definition) is 1. The summed E-state index contributed by atoms with van der Waals surface area (Å²) in [5, 5.41) is 2.32. The molecule has 0 radical (unpaired) electrons. The molecule has 18 heavy (non-hydrogen) atoms. The van der Waals surface area contributed by atoms with Crippen molar-refractivity contribution >= 4 is 27.5 Å². The van der Waals surface area contributed by atoms with Gasteiger partial charge in [0.25, 0.3) is 5.91 Å². The molecule has 5 heteroatoms. The number of amides is 1. The molecule has 2 rings (SSSR count). The standard InChI is InChI=1S/C13H8BrF2NO/c14-9-6-4-8(5-7-9)13(18)17-11-3-1-2-10(15)12(11)16/h1-7H,(H,17,18). The zero-order chi connectivity index (χ0) is 13.1. The Morgan fingerprint density at radius 3 is 2.39 bits per heavy atom. The van der Waals surface area contributed by atoms with Gasteiger partial charge in [0.1, 0.15) is 0 Å². The normalized spacial score (nSPS) is 10.2. The fourth-order valence-corrected chi connectivity index (χ4v) is 1.66. The molecule has 0 unspecified atom stereocenters. The van der Waals surface area contributed by atoms with Gasteiger partial charge in [-0.05, 0) is 36.4 Å². The molecule has 2 nitrogen and oxygen atoms in total. The molecule has 2 aromatic carbocycles.